The fraction of sp³-hybridized carbons (Fsp3) is 0.550. The second-order valence-electron chi connectivity index (χ2n) is 7.88. The smallest absolute Gasteiger partial charge is 0.228 e. The van der Waals surface area contributed by atoms with Crippen molar-refractivity contribution < 1.29 is 4.79 Å². The highest BCUT2D eigenvalue weighted by atomic mass is 16.2. The molecule has 0 aromatic carbocycles. The van der Waals surface area contributed by atoms with Crippen LogP contribution in [0.1, 0.15) is 30.5 Å². The van der Waals surface area contributed by atoms with E-state index in [0.29, 0.717) is 6.54 Å². The number of piperidine rings is 2. The van der Waals surface area contributed by atoms with E-state index in [0.717, 1.165) is 56.7 Å². The summed E-state index contributed by atoms with van der Waals surface area (Å²) in [5, 5.41) is 10.4. The van der Waals surface area contributed by atoms with Crippen molar-refractivity contribution in [2.45, 2.75) is 38.4 Å². The molecule has 1 amide bonds. The summed E-state index contributed by atoms with van der Waals surface area (Å²) in [5.74, 6) is 0.193. The maximum Gasteiger partial charge on any atom is 0.228 e. The van der Waals surface area contributed by atoms with Crippen LogP contribution in [0.5, 0.6) is 0 Å². The largest absolute Gasteiger partial charge is 0.351 e. The number of pyridine rings is 1. The van der Waals surface area contributed by atoms with Crippen LogP contribution < -0.4 is 5.32 Å². The molecule has 2 N–H and O–H groups in total. The van der Waals surface area contributed by atoms with Gasteiger partial charge in [-0.25, -0.2) is 0 Å². The van der Waals surface area contributed by atoms with Crippen LogP contribution in [0.3, 0.4) is 0 Å². The molecule has 2 aliphatic heterocycles. The Bertz CT molecular complexity index is 749. The standard InChI is InChI=1S/C20H28N6O/c1-25-11-7-20(19(27)22-13-16-4-2-8-21-12-16)6-3-10-26(18(20)15-25)14-17-5-9-23-24-17/h2,4-5,8-9,12,18H,3,6-7,10-11,13-15H2,1H3,(H,22,27)(H,23,24)/t18-,20+/m0/s1. The fourth-order valence-corrected chi connectivity index (χ4v) is 4.65. The van der Waals surface area contributed by atoms with Crippen LogP contribution in [-0.2, 0) is 17.9 Å². The normalized spacial score (nSPS) is 26.5. The van der Waals surface area contributed by atoms with Crippen molar-refractivity contribution in [3.63, 3.8) is 0 Å². The van der Waals surface area contributed by atoms with E-state index in [1.807, 2.05) is 24.4 Å². The van der Waals surface area contributed by atoms with Crippen molar-refractivity contribution >= 4 is 5.91 Å². The van der Waals surface area contributed by atoms with Crippen LogP contribution in [0, 0.1) is 5.41 Å². The van der Waals surface area contributed by atoms with E-state index in [1.54, 1.807) is 12.4 Å². The van der Waals surface area contributed by atoms with E-state index in [1.165, 1.54) is 0 Å². The number of likely N-dealkylation sites (tertiary alicyclic amines) is 2. The van der Waals surface area contributed by atoms with Crippen LogP contribution in [0.2, 0.25) is 0 Å². The highest BCUT2D eigenvalue weighted by Gasteiger charge is 2.52. The number of aromatic amines is 1. The first kappa shape index (κ1) is 18.1. The number of carbonyl (C=O) groups excluding carboxylic acids is 1. The summed E-state index contributed by atoms with van der Waals surface area (Å²) in [6, 6.07) is 6.15. The quantitative estimate of drug-likeness (QED) is 0.834. The average molecular weight is 368 g/mol. The minimum Gasteiger partial charge on any atom is -0.351 e. The molecular formula is C20H28N6O. The van der Waals surface area contributed by atoms with Crippen molar-refractivity contribution in [1.29, 1.82) is 0 Å². The molecule has 0 unspecified atom stereocenters. The summed E-state index contributed by atoms with van der Waals surface area (Å²) >= 11 is 0. The molecule has 2 aromatic heterocycles. The summed E-state index contributed by atoms with van der Waals surface area (Å²) in [4.78, 5) is 22.3. The van der Waals surface area contributed by atoms with Gasteiger partial charge < -0.3 is 10.2 Å². The maximum atomic E-state index is 13.4. The molecule has 0 radical (unpaired) electrons. The number of H-pyrrole nitrogens is 1. The minimum absolute atomic E-state index is 0.193. The Kier molecular flexibility index (Phi) is 5.22. The Morgan fingerprint density at radius 1 is 1.33 bits per heavy atom. The number of amides is 1. The van der Waals surface area contributed by atoms with Crippen molar-refractivity contribution in [3.05, 3.63) is 48.0 Å². The Morgan fingerprint density at radius 3 is 3.04 bits per heavy atom. The number of aromatic nitrogens is 3. The molecule has 4 heterocycles. The number of hydrogen-bond acceptors (Lipinski definition) is 5. The van der Waals surface area contributed by atoms with Crippen molar-refractivity contribution in [1.82, 2.24) is 30.3 Å². The molecule has 7 nitrogen and oxygen atoms in total. The molecule has 2 fully saturated rings. The monoisotopic (exact) mass is 368 g/mol. The van der Waals surface area contributed by atoms with Crippen molar-refractivity contribution in [2.75, 3.05) is 26.7 Å². The Balaban J connectivity index is 1.52. The van der Waals surface area contributed by atoms with Crippen LogP contribution in [0.25, 0.3) is 0 Å². The summed E-state index contributed by atoms with van der Waals surface area (Å²) in [6.45, 7) is 4.27. The number of hydrogen-bond donors (Lipinski definition) is 2. The molecule has 7 heteroatoms. The van der Waals surface area contributed by atoms with Gasteiger partial charge in [0.2, 0.25) is 5.91 Å². The Hall–Kier alpha value is -2.25. The summed E-state index contributed by atoms with van der Waals surface area (Å²) in [5.41, 5.74) is 1.83. The predicted octanol–water partition coefficient (Wildman–Crippen LogP) is 1.41. The van der Waals surface area contributed by atoms with E-state index in [2.05, 4.69) is 37.3 Å². The maximum absolute atomic E-state index is 13.4. The fourth-order valence-electron chi connectivity index (χ4n) is 4.65. The SMILES string of the molecule is CN1CC[C@]2(C(=O)NCc3cccnc3)CCCN(Cc3ccn[nH]3)[C@H]2C1. The lowest BCUT2D eigenvalue weighted by Gasteiger charge is -2.53. The van der Waals surface area contributed by atoms with Gasteiger partial charge in [-0.15, -0.1) is 0 Å². The van der Waals surface area contributed by atoms with Crippen molar-refractivity contribution in [2.24, 2.45) is 5.41 Å². The molecule has 0 bridgehead atoms. The zero-order valence-electron chi connectivity index (χ0n) is 15.9. The molecule has 2 atom stereocenters. The second-order valence-corrected chi connectivity index (χ2v) is 7.88. The van der Waals surface area contributed by atoms with Gasteiger partial charge in [0.15, 0.2) is 0 Å². The molecule has 4 rings (SSSR count). The van der Waals surface area contributed by atoms with E-state index in [9.17, 15) is 4.79 Å². The number of carbonyl (C=O) groups is 1. The van der Waals surface area contributed by atoms with Gasteiger partial charge in [-0.3, -0.25) is 19.8 Å². The molecule has 2 aromatic rings. The van der Waals surface area contributed by atoms with Gasteiger partial charge in [0.05, 0.1) is 5.41 Å². The number of nitrogens with zero attached hydrogens (tertiary/aromatic N) is 4. The highest BCUT2D eigenvalue weighted by molar-refractivity contribution is 5.84. The molecule has 2 saturated heterocycles. The zero-order valence-corrected chi connectivity index (χ0v) is 15.9. The van der Waals surface area contributed by atoms with Crippen LogP contribution in [0.15, 0.2) is 36.8 Å². The zero-order chi connectivity index (χ0) is 18.7. The van der Waals surface area contributed by atoms with Gasteiger partial charge >= 0.3 is 0 Å². The van der Waals surface area contributed by atoms with E-state index in [-0.39, 0.29) is 17.4 Å². The van der Waals surface area contributed by atoms with E-state index >= 15 is 0 Å². The van der Waals surface area contributed by atoms with Gasteiger partial charge in [-0.1, -0.05) is 6.07 Å². The Labute approximate surface area is 160 Å². The van der Waals surface area contributed by atoms with Gasteiger partial charge in [0.1, 0.15) is 0 Å². The highest BCUT2D eigenvalue weighted by Crippen LogP contribution is 2.43. The molecular weight excluding hydrogens is 340 g/mol. The van der Waals surface area contributed by atoms with E-state index < -0.39 is 0 Å². The van der Waals surface area contributed by atoms with Crippen molar-refractivity contribution in [3.8, 4) is 0 Å². The number of likely N-dealkylation sites (N-methyl/N-ethyl adjacent to an activating group) is 1. The van der Waals surface area contributed by atoms with Crippen LogP contribution in [-0.4, -0.2) is 63.6 Å². The third-order valence-corrected chi connectivity index (χ3v) is 6.13. The van der Waals surface area contributed by atoms with E-state index in [4.69, 9.17) is 0 Å². The van der Waals surface area contributed by atoms with Gasteiger partial charge in [-0.05, 0) is 57.1 Å². The first-order valence-electron chi connectivity index (χ1n) is 9.75. The lowest BCUT2D eigenvalue weighted by atomic mass is 9.67. The van der Waals surface area contributed by atoms with Crippen LogP contribution in [0.4, 0.5) is 0 Å². The average Bonchev–Trinajstić information content (AvgIpc) is 3.20. The topological polar surface area (TPSA) is 77.2 Å². The summed E-state index contributed by atoms with van der Waals surface area (Å²) < 4.78 is 0. The van der Waals surface area contributed by atoms with Gasteiger partial charge in [-0.2, -0.15) is 5.10 Å². The molecule has 0 spiro atoms. The number of fused-ring (bicyclic) bond motifs is 1. The third kappa shape index (κ3) is 3.75. The first-order chi connectivity index (χ1) is 13.2. The summed E-state index contributed by atoms with van der Waals surface area (Å²) in [7, 11) is 2.15. The number of nitrogens with one attached hydrogen (secondary N) is 2. The first-order valence-corrected chi connectivity index (χ1v) is 9.75. The second kappa shape index (κ2) is 7.78. The van der Waals surface area contributed by atoms with Gasteiger partial charge in [0.25, 0.3) is 0 Å². The third-order valence-electron chi connectivity index (χ3n) is 6.13. The number of rotatable bonds is 5. The molecule has 144 valence electrons. The van der Waals surface area contributed by atoms with Gasteiger partial charge in [0, 0.05) is 50.0 Å². The Morgan fingerprint density at radius 2 is 2.26 bits per heavy atom. The lowest BCUT2D eigenvalue weighted by molar-refractivity contribution is -0.145. The minimum atomic E-state index is -0.313. The molecule has 0 aliphatic carbocycles. The molecule has 27 heavy (non-hydrogen) atoms. The summed E-state index contributed by atoms with van der Waals surface area (Å²) in [6.07, 6.45) is 8.28. The predicted molar refractivity (Wildman–Crippen MR) is 103 cm³/mol. The lowest BCUT2D eigenvalue weighted by Crippen LogP contribution is -2.65. The molecule has 2 aliphatic rings. The van der Waals surface area contributed by atoms with Crippen LogP contribution >= 0.6 is 0 Å². The molecule has 0 saturated carbocycles.